The number of fused-ring (bicyclic) bond motifs is 8. The molecule has 2 aliphatic heterocycles. The van der Waals surface area contributed by atoms with Crippen LogP contribution in [0.5, 0.6) is 0 Å². The van der Waals surface area contributed by atoms with Crippen molar-refractivity contribution in [2.24, 2.45) is 0 Å². The number of nitrogens with zero attached hydrogens (tertiary/aromatic N) is 6. The molecule has 28 heteroatoms. The third-order valence-electron chi connectivity index (χ3n) is 19.0. The first-order valence-corrected chi connectivity index (χ1v) is 39.6. The molecule has 7 aromatic heterocycles. The first-order valence-electron chi connectivity index (χ1n) is 36.3. The van der Waals surface area contributed by atoms with Crippen molar-refractivity contribution in [2.75, 3.05) is 0 Å². The molecule has 0 radical (unpaired) electrons. The smallest absolute Gasteiger partial charge is 0.176 e. The summed E-state index contributed by atoms with van der Waals surface area (Å²) in [6.07, 6.45) is 26.8. The zero-order valence-electron chi connectivity index (χ0n) is 60.5. The maximum absolute atomic E-state index is 17.7. The van der Waals surface area contributed by atoms with Crippen molar-refractivity contribution >= 4 is 93.4 Å². The Morgan fingerprint density at radius 3 is 0.589 bits per heavy atom. The van der Waals surface area contributed by atoms with Gasteiger partial charge in [0, 0.05) is 138 Å². The number of unbranched alkanes of at least 4 members (excludes halogenated alkanes) is 8. The Labute approximate surface area is 650 Å². The second-order valence-electron chi connectivity index (χ2n) is 26.7. The summed E-state index contributed by atoms with van der Waals surface area (Å²) in [5, 5.41) is 0. The second-order valence-corrected chi connectivity index (χ2v) is 31.0. The van der Waals surface area contributed by atoms with Gasteiger partial charge in [-0.25, -0.2) is 98.5 Å². The van der Waals surface area contributed by atoms with E-state index in [9.17, 15) is 0 Å². The molecule has 11 aromatic rings. The fourth-order valence-corrected chi connectivity index (χ4v) is 16.6. The molecule has 0 saturated heterocycles. The summed E-state index contributed by atoms with van der Waals surface area (Å²) >= 11 is 1.25. The van der Waals surface area contributed by atoms with Crippen LogP contribution < -0.4 is 18.3 Å². The van der Waals surface area contributed by atoms with Gasteiger partial charge in [-0.05, 0) is 74.3 Å². The van der Waals surface area contributed by atoms with E-state index in [1.165, 1.54) is 48.5 Å². The van der Waals surface area contributed by atoms with Crippen LogP contribution in [0.25, 0.3) is 90.9 Å². The van der Waals surface area contributed by atoms with Crippen LogP contribution >= 0.6 is 47.0 Å². The minimum atomic E-state index is -2.09. The minimum absolute atomic E-state index is 0.128. The third-order valence-corrected chi connectivity index (χ3v) is 23.3. The molecule has 4 aromatic carbocycles. The molecular weight excluding hydrogens is 1550 g/mol. The van der Waals surface area contributed by atoms with Gasteiger partial charge >= 0.3 is 0 Å². The summed E-state index contributed by atoms with van der Waals surface area (Å²) in [5.74, 6) is -32.5. The number of aromatic nitrogens is 8. The normalized spacial score (nSPS) is 12.0. The van der Waals surface area contributed by atoms with Crippen molar-refractivity contribution in [1.82, 2.24) is 19.9 Å². The number of aromatic amines is 2. The highest BCUT2D eigenvalue weighted by atomic mass is 32.2. The number of rotatable bonds is 28. The lowest BCUT2D eigenvalue weighted by Crippen LogP contribution is -2.32. The van der Waals surface area contributed by atoms with Crippen molar-refractivity contribution in [3.05, 3.63) is 238 Å². The average molecular weight is 1620 g/mol. The zero-order valence-corrected chi connectivity index (χ0v) is 63.8. The maximum atomic E-state index is 17.7. The largest absolute Gasteiger partial charge is 0.354 e. The molecule has 13 rings (SSSR count). The van der Waals surface area contributed by atoms with Crippen molar-refractivity contribution in [3.8, 4) is 44.5 Å². The van der Waals surface area contributed by atoms with E-state index < -0.39 is 202 Å². The number of benzene rings is 4. The average Bonchev–Trinajstić information content (AvgIpc) is 1.51. The van der Waals surface area contributed by atoms with Crippen LogP contribution in [-0.4, -0.2) is 19.9 Å². The molecule has 9 heterocycles. The van der Waals surface area contributed by atoms with Crippen LogP contribution in [0.1, 0.15) is 128 Å². The van der Waals surface area contributed by atoms with E-state index in [1.807, 2.05) is 27.7 Å². The highest BCUT2D eigenvalue weighted by Crippen LogP contribution is 2.49. The summed E-state index contributed by atoms with van der Waals surface area (Å²) < 4.78 is 286. The van der Waals surface area contributed by atoms with Crippen LogP contribution in [-0.2, 0) is 26.2 Å². The monoisotopic (exact) mass is 1620 g/mol. The van der Waals surface area contributed by atoms with E-state index in [0.29, 0.717) is 73.2 Å². The standard InChI is InChI=1S/C84H70F16N8S4/c1-5-9-13-33-105-37-25-45(26-38-105)109-81-73(93)65(85)61(66(86)74(81)94)57-49-17-19-51(101-49)58(62-67(87)75(95)82(76(96)68(62)88)110-46-27-39-106(40-28-46)34-14-10-6-2)53-21-23-55(103-53)60(64-71(91)79(99)84(80(100)72(64)92)112-48-31-43-108(44-32-48)36-16-12-8-4)56-24-22-54(104-56)59(52-20-18-50(57)102-52)63-69(89)77(97)83(78(98)70(63)90)111-47-29-41-107(42-30-47)35-15-11-7-3/h17-32,37-44,101,104H,5-16,33-36H2,1-4H3/q+4. The van der Waals surface area contributed by atoms with Crippen LogP contribution in [0.4, 0.5) is 70.2 Å². The number of H-pyrrole nitrogens is 2. The Bertz CT molecular complexity index is 4880. The Morgan fingerprint density at radius 2 is 0.420 bits per heavy atom. The van der Waals surface area contributed by atoms with Crippen LogP contribution in [0, 0.1) is 93.1 Å². The number of pyridine rings is 4. The number of hydrogen-bond donors (Lipinski definition) is 2. The SMILES string of the molecule is CCCCC[n+]1ccc(Sc2c(F)c(F)c(-c3c4nc(c(-c5c(F)c(F)c(Sc6cc[n+](CCCCC)cc6)c(F)c5F)c5ccc([nH]5)c(-c5c(F)c(F)c(Sc6cc[n+](CCCCC)cc6)c(F)c5F)c5nc(c(-c6c(F)c(F)c(Sc7cc[n+](CCCCC)cc7)c(F)c6F)c6ccc3[nH]6)C=C5)C=C4)c(F)c2F)cc1. The summed E-state index contributed by atoms with van der Waals surface area (Å²) in [6, 6.07) is 15.3. The highest BCUT2D eigenvalue weighted by molar-refractivity contribution is 8.00. The van der Waals surface area contributed by atoms with Gasteiger partial charge in [0.05, 0.1) is 64.6 Å². The molecule has 0 spiro atoms. The van der Waals surface area contributed by atoms with E-state index in [2.05, 4.69) is 19.9 Å². The van der Waals surface area contributed by atoms with Gasteiger partial charge in [0.15, 0.2) is 143 Å². The van der Waals surface area contributed by atoms with E-state index in [4.69, 9.17) is 0 Å². The predicted molar refractivity (Wildman–Crippen MR) is 401 cm³/mol. The lowest BCUT2D eigenvalue weighted by molar-refractivity contribution is -0.697. The van der Waals surface area contributed by atoms with Crippen molar-refractivity contribution in [2.45, 2.75) is 170 Å². The molecule has 2 aliphatic rings. The van der Waals surface area contributed by atoms with Crippen molar-refractivity contribution in [1.29, 1.82) is 0 Å². The Morgan fingerprint density at radius 1 is 0.241 bits per heavy atom. The highest BCUT2D eigenvalue weighted by Gasteiger charge is 2.37. The van der Waals surface area contributed by atoms with Crippen LogP contribution in [0.15, 0.2) is 162 Å². The van der Waals surface area contributed by atoms with Gasteiger partial charge in [0.2, 0.25) is 0 Å². The first-order chi connectivity index (χ1) is 54.0. The third kappa shape index (κ3) is 16.3. The van der Waals surface area contributed by atoms with Crippen LogP contribution in [0.3, 0.4) is 0 Å². The van der Waals surface area contributed by atoms with Gasteiger partial charge in [-0.1, -0.05) is 100 Å². The van der Waals surface area contributed by atoms with Crippen molar-refractivity contribution in [3.63, 3.8) is 0 Å². The Kier molecular flexibility index (Phi) is 25.3. The van der Waals surface area contributed by atoms with E-state index in [0.717, 1.165) is 126 Å². The van der Waals surface area contributed by atoms with Crippen LogP contribution in [0.2, 0.25) is 0 Å². The zero-order chi connectivity index (χ0) is 79.3. The summed E-state index contributed by atoms with van der Waals surface area (Å²) in [5.41, 5.74) is -16.0. The molecule has 0 fully saturated rings. The molecule has 0 saturated carbocycles. The summed E-state index contributed by atoms with van der Waals surface area (Å²) in [6.45, 7) is 10.4. The molecule has 8 bridgehead atoms. The van der Waals surface area contributed by atoms with Gasteiger partial charge < -0.3 is 9.97 Å². The lowest BCUT2D eigenvalue weighted by atomic mass is 10.0. The topological polar surface area (TPSA) is 72.9 Å². The summed E-state index contributed by atoms with van der Waals surface area (Å²) in [7, 11) is 0. The number of hydrogen-bond acceptors (Lipinski definition) is 6. The predicted octanol–water partition coefficient (Wildman–Crippen LogP) is 24.1. The summed E-state index contributed by atoms with van der Waals surface area (Å²) in [4.78, 5) is 10.2. The quantitative estimate of drug-likeness (QED) is 0.0220. The lowest BCUT2D eigenvalue weighted by Gasteiger charge is -2.14. The van der Waals surface area contributed by atoms with E-state index in [1.54, 1.807) is 67.8 Å². The minimum Gasteiger partial charge on any atom is -0.354 e. The Hall–Kier alpha value is -9.64. The fourth-order valence-electron chi connectivity index (χ4n) is 13.2. The molecule has 112 heavy (non-hydrogen) atoms. The fraction of sp³-hybridized carbons (Fsp3) is 0.238. The molecule has 0 atom stereocenters. The molecular formula is C84H70F16N8S4+4. The Balaban J connectivity index is 1.10. The molecule has 8 nitrogen and oxygen atoms in total. The molecule has 0 unspecified atom stereocenters. The number of aryl methyl sites for hydroxylation is 4. The second kappa shape index (κ2) is 35.2. The van der Waals surface area contributed by atoms with E-state index in [-0.39, 0.29) is 19.6 Å². The maximum Gasteiger partial charge on any atom is 0.176 e. The molecule has 2 N–H and O–H groups in total. The number of nitrogens with one attached hydrogen (secondary N) is 2. The van der Waals surface area contributed by atoms with Gasteiger partial charge in [-0.15, -0.1) is 0 Å². The molecule has 0 aliphatic carbocycles. The molecule has 0 amide bonds. The van der Waals surface area contributed by atoms with Crippen molar-refractivity contribution < 1.29 is 88.5 Å². The van der Waals surface area contributed by atoms with Gasteiger partial charge in [-0.2, -0.15) is 0 Å². The molecule has 578 valence electrons. The van der Waals surface area contributed by atoms with E-state index >= 15 is 70.2 Å². The van der Waals surface area contributed by atoms with Gasteiger partial charge in [-0.3, -0.25) is 0 Å². The first kappa shape index (κ1) is 80.4. The van der Waals surface area contributed by atoms with Gasteiger partial charge in [0.1, 0.15) is 26.2 Å². The van der Waals surface area contributed by atoms with Gasteiger partial charge in [0.25, 0.3) is 0 Å². The number of halogens is 16.